The Bertz CT molecular complexity index is 578. The van der Waals surface area contributed by atoms with Crippen LogP contribution in [0.25, 0.3) is 0 Å². The smallest absolute Gasteiger partial charge is 0.242 e. The molecule has 2 amide bonds. The van der Waals surface area contributed by atoms with E-state index < -0.39 is 6.04 Å². The molecule has 1 saturated heterocycles. The first-order valence-electron chi connectivity index (χ1n) is 8.06. The van der Waals surface area contributed by atoms with Gasteiger partial charge in [0.15, 0.2) is 0 Å². The summed E-state index contributed by atoms with van der Waals surface area (Å²) in [5.41, 5.74) is 5.76. The Labute approximate surface area is 171 Å². The molecule has 1 aliphatic rings. The standard InChI is InChI=1S/C16H24ClN5O2.2ClH/c1-11(2)15(18)16(24)20-10-14(23)22-7-5-21(6-8-22)13-4-3-12(17)9-19-13;;/h3-4,9,11,15H,5-8,10,18H2,1-2H3,(H,20,24);2*1H/t15-;;/m0../s1. The van der Waals surface area contributed by atoms with Gasteiger partial charge >= 0.3 is 0 Å². The third-order valence-corrected chi connectivity index (χ3v) is 4.33. The lowest BCUT2D eigenvalue weighted by molar-refractivity contribution is -0.133. The van der Waals surface area contributed by atoms with E-state index in [0.717, 1.165) is 5.82 Å². The molecule has 26 heavy (non-hydrogen) atoms. The van der Waals surface area contributed by atoms with Gasteiger partial charge < -0.3 is 20.9 Å². The number of rotatable bonds is 5. The van der Waals surface area contributed by atoms with E-state index >= 15 is 0 Å². The molecule has 10 heteroatoms. The molecule has 2 rings (SSSR count). The Morgan fingerprint density at radius 3 is 2.35 bits per heavy atom. The molecule has 1 aliphatic heterocycles. The van der Waals surface area contributed by atoms with Gasteiger partial charge in [-0.25, -0.2) is 4.98 Å². The van der Waals surface area contributed by atoms with Gasteiger partial charge in [-0.3, -0.25) is 9.59 Å². The number of aromatic nitrogens is 1. The van der Waals surface area contributed by atoms with Crippen molar-refractivity contribution in [3.8, 4) is 0 Å². The van der Waals surface area contributed by atoms with Gasteiger partial charge in [-0.15, -0.1) is 24.8 Å². The van der Waals surface area contributed by atoms with Gasteiger partial charge in [0.1, 0.15) is 5.82 Å². The normalized spacial score (nSPS) is 15.0. The lowest BCUT2D eigenvalue weighted by Crippen LogP contribution is -2.53. The molecule has 1 fully saturated rings. The lowest BCUT2D eigenvalue weighted by Gasteiger charge is -2.35. The summed E-state index contributed by atoms with van der Waals surface area (Å²) in [4.78, 5) is 32.1. The molecular formula is C16H26Cl3N5O2. The van der Waals surface area contributed by atoms with Crippen molar-refractivity contribution in [3.05, 3.63) is 23.4 Å². The van der Waals surface area contributed by atoms with E-state index in [0.29, 0.717) is 31.2 Å². The average Bonchev–Trinajstić information content (AvgIpc) is 2.59. The van der Waals surface area contributed by atoms with E-state index in [2.05, 4.69) is 15.2 Å². The van der Waals surface area contributed by atoms with Crippen molar-refractivity contribution in [1.29, 1.82) is 0 Å². The largest absolute Gasteiger partial charge is 0.353 e. The molecule has 0 bridgehead atoms. The van der Waals surface area contributed by atoms with Crippen LogP contribution >= 0.6 is 36.4 Å². The molecular weight excluding hydrogens is 401 g/mol. The third-order valence-electron chi connectivity index (χ3n) is 4.10. The minimum atomic E-state index is -0.592. The van der Waals surface area contributed by atoms with Crippen LogP contribution in [0.1, 0.15) is 13.8 Å². The number of nitrogens with two attached hydrogens (primary N) is 1. The molecule has 0 aromatic carbocycles. The molecule has 7 nitrogen and oxygen atoms in total. The van der Waals surface area contributed by atoms with Gasteiger partial charge in [-0.1, -0.05) is 25.4 Å². The Balaban J connectivity index is 0.00000312. The molecule has 0 aliphatic carbocycles. The van der Waals surface area contributed by atoms with E-state index in [-0.39, 0.29) is 49.1 Å². The highest BCUT2D eigenvalue weighted by Gasteiger charge is 2.23. The molecule has 1 aromatic rings. The van der Waals surface area contributed by atoms with E-state index in [1.807, 2.05) is 19.9 Å². The minimum absolute atomic E-state index is 0. The first-order valence-corrected chi connectivity index (χ1v) is 8.44. The fraction of sp³-hybridized carbons (Fsp3) is 0.562. The predicted molar refractivity (Wildman–Crippen MR) is 108 cm³/mol. The van der Waals surface area contributed by atoms with Gasteiger partial charge in [0, 0.05) is 32.4 Å². The second-order valence-corrected chi connectivity index (χ2v) is 6.63. The Hall–Kier alpha value is -1.28. The topological polar surface area (TPSA) is 91.6 Å². The van der Waals surface area contributed by atoms with Crippen molar-refractivity contribution >= 4 is 54.0 Å². The third kappa shape index (κ3) is 6.79. The number of nitrogens with zero attached hydrogens (tertiary/aromatic N) is 3. The first-order chi connectivity index (χ1) is 11.4. The second-order valence-electron chi connectivity index (χ2n) is 6.19. The van der Waals surface area contributed by atoms with Crippen LogP contribution in [-0.2, 0) is 9.59 Å². The van der Waals surface area contributed by atoms with Crippen molar-refractivity contribution in [1.82, 2.24) is 15.2 Å². The van der Waals surface area contributed by atoms with Crippen LogP contribution in [0.3, 0.4) is 0 Å². The number of anilines is 1. The highest BCUT2D eigenvalue weighted by molar-refractivity contribution is 6.30. The number of amides is 2. The zero-order chi connectivity index (χ0) is 17.7. The zero-order valence-corrected chi connectivity index (χ0v) is 17.2. The van der Waals surface area contributed by atoms with Crippen molar-refractivity contribution in [2.75, 3.05) is 37.6 Å². The van der Waals surface area contributed by atoms with E-state index in [9.17, 15) is 9.59 Å². The van der Waals surface area contributed by atoms with Crippen molar-refractivity contribution in [2.24, 2.45) is 11.7 Å². The van der Waals surface area contributed by atoms with E-state index in [1.165, 1.54) is 0 Å². The van der Waals surface area contributed by atoms with Crippen molar-refractivity contribution < 1.29 is 9.59 Å². The Kier molecular flexibility index (Phi) is 10.9. The second kappa shape index (κ2) is 11.4. The zero-order valence-electron chi connectivity index (χ0n) is 14.9. The number of pyridine rings is 1. The Morgan fingerprint density at radius 1 is 1.23 bits per heavy atom. The monoisotopic (exact) mass is 425 g/mol. The van der Waals surface area contributed by atoms with Crippen LogP contribution in [0.15, 0.2) is 18.3 Å². The lowest BCUT2D eigenvalue weighted by atomic mass is 10.1. The molecule has 0 radical (unpaired) electrons. The van der Waals surface area contributed by atoms with Gasteiger partial charge in [-0.2, -0.15) is 0 Å². The van der Waals surface area contributed by atoms with Gasteiger partial charge in [-0.05, 0) is 18.1 Å². The Morgan fingerprint density at radius 2 is 1.85 bits per heavy atom. The molecule has 3 N–H and O–H groups in total. The fourth-order valence-electron chi connectivity index (χ4n) is 2.44. The maximum absolute atomic E-state index is 12.2. The number of nitrogens with one attached hydrogen (secondary N) is 1. The number of halogens is 3. The number of carbonyl (C=O) groups excluding carboxylic acids is 2. The van der Waals surface area contributed by atoms with Crippen LogP contribution in [-0.4, -0.2) is 60.5 Å². The highest BCUT2D eigenvalue weighted by Crippen LogP contribution is 2.16. The average molecular weight is 427 g/mol. The van der Waals surface area contributed by atoms with Crippen LogP contribution in [0.4, 0.5) is 5.82 Å². The maximum Gasteiger partial charge on any atom is 0.242 e. The molecule has 0 saturated carbocycles. The van der Waals surface area contributed by atoms with Crippen LogP contribution in [0.2, 0.25) is 5.02 Å². The van der Waals surface area contributed by atoms with Gasteiger partial charge in [0.05, 0.1) is 17.6 Å². The number of hydrogen-bond donors (Lipinski definition) is 2. The SMILES string of the molecule is CC(C)[C@H](N)C(=O)NCC(=O)N1CCN(c2ccc(Cl)cn2)CC1.Cl.Cl. The molecule has 0 unspecified atom stereocenters. The molecule has 2 heterocycles. The van der Waals surface area contributed by atoms with Crippen LogP contribution < -0.4 is 16.0 Å². The van der Waals surface area contributed by atoms with Gasteiger partial charge in [0.2, 0.25) is 11.8 Å². The summed E-state index contributed by atoms with van der Waals surface area (Å²) in [5, 5.41) is 3.21. The van der Waals surface area contributed by atoms with Crippen LogP contribution in [0.5, 0.6) is 0 Å². The summed E-state index contributed by atoms with van der Waals surface area (Å²) in [6.45, 7) is 6.30. The summed E-state index contributed by atoms with van der Waals surface area (Å²) in [6, 6.07) is 3.08. The summed E-state index contributed by atoms with van der Waals surface area (Å²) in [5.74, 6) is 0.503. The maximum atomic E-state index is 12.2. The van der Waals surface area contributed by atoms with Crippen molar-refractivity contribution in [3.63, 3.8) is 0 Å². The molecule has 1 atom stereocenters. The summed E-state index contributed by atoms with van der Waals surface area (Å²) in [7, 11) is 0. The number of hydrogen-bond acceptors (Lipinski definition) is 5. The fourth-order valence-corrected chi connectivity index (χ4v) is 2.55. The first kappa shape index (κ1) is 24.7. The predicted octanol–water partition coefficient (Wildman–Crippen LogP) is 1.33. The summed E-state index contributed by atoms with van der Waals surface area (Å²) >= 11 is 5.84. The quantitative estimate of drug-likeness (QED) is 0.741. The molecule has 148 valence electrons. The summed E-state index contributed by atoms with van der Waals surface area (Å²) < 4.78 is 0. The molecule has 1 aromatic heterocycles. The van der Waals surface area contributed by atoms with Gasteiger partial charge in [0.25, 0.3) is 0 Å². The van der Waals surface area contributed by atoms with Crippen molar-refractivity contribution in [2.45, 2.75) is 19.9 Å². The minimum Gasteiger partial charge on any atom is -0.353 e. The van der Waals surface area contributed by atoms with E-state index in [1.54, 1.807) is 17.2 Å². The van der Waals surface area contributed by atoms with E-state index in [4.69, 9.17) is 17.3 Å². The van der Waals surface area contributed by atoms with Crippen LogP contribution in [0, 0.1) is 5.92 Å². The molecule has 0 spiro atoms. The summed E-state index contributed by atoms with van der Waals surface area (Å²) in [6.07, 6.45) is 1.61. The number of piperazine rings is 1. The number of carbonyl (C=O) groups is 2. The highest BCUT2D eigenvalue weighted by atomic mass is 35.5.